The molecule has 0 aliphatic heterocycles. The molecular formula is C19H23NO3. The van der Waals surface area contributed by atoms with Crippen molar-refractivity contribution < 1.29 is 14.3 Å². The molecule has 0 bridgehead atoms. The fraction of sp³-hybridized carbons (Fsp3) is 0.316. The van der Waals surface area contributed by atoms with Crippen LogP contribution in [0.4, 0.5) is 0 Å². The first-order valence-corrected chi connectivity index (χ1v) is 7.68. The maximum atomic E-state index is 12.4. The van der Waals surface area contributed by atoms with Crippen molar-refractivity contribution in [2.75, 3.05) is 14.2 Å². The predicted octanol–water partition coefficient (Wildman–Crippen LogP) is 3.89. The van der Waals surface area contributed by atoms with Gasteiger partial charge in [-0.3, -0.25) is 4.79 Å². The highest BCUT2D eigenvalue weighted by molar-refractivity contribution is 5.94. The van der Waals surface area contributed by atoms with E-state index in [2.05, 4.69) is 18.3 Å². The number of benzene rings is 2. The van der Waals surface area contributed by atoms with Crippen LogP contribution in [0.3, 0.4) is 0 Å². The van der Waals surface area contributed by atoms with Gasteiger partial charge >= 0.3 is 0 Å². The summed E-state index contributed by atoms with van der Waals surface area (Å²) in [6.07, 6.45) is 0.813. The highest BCUT2D eigenvalue weighted by atomic mass is 16.5. The molecule has 1 N–H and O–H groups in total. The third-order valence-corrected chi connectivity index (χ3v) is 3.89. The van der Waals surface area contributed by atoms with Gasteiger partial charge in [0.1, 0.15) is 11.5 Å². The summed E-state index contributed by atoms with van der Waals surface area (Å²) in [5.41, 5.74) is 2.75. The first-order chi connectivity index (χ1) is 11.1. The normalized spacial score (nSPS) is 11.7. The lowest BCUT2D eigenvalue weighted by molar-refractivity contribution is 0.0935. The van der Waals surface area contributed by atoms with Gasteiger partial charge in [-0.1, -0.05) is 19.1 Å². The van der Waals surface area contributed by atoms with E-state index in [9.17, 15) is 4.79 Å². The van der Waals surface area contributed by atoms with Crippen molar-refractivity contribution in [2.24, 2.45) is 0 Å². The number of hydrogen-bond acceptors (Lipinski definition) is 3. The number of carbonyl (C=O) groups is 1. The number of amides is 1. The zero-order valence-electron chi connectivity index (χ0n) is 14.1. The van der Waals surface area contributed by atoms with Crippen LogP contribution < -0.4 is 14.8 Å². The van der Waals surface area contributed by atoms with Gasteiger partial charge in [-0.25, -0.2) is 0 Å². The van der Waals surface area contributed by atoms with Crippen LogP contribution in [0.5, 0.6) is 11.5 Å². The minimum Gasteiger partial charge on any atom is -0.497 e. The summed E-state index contributed by atoms with van der Waals surface area (Å²) < 4.78 is 10.4. The molecule has 2 rings (SSSR count). The summed E-state index contributed by atoms with van der Waals surface area (Å²) in [7, 11) is 3.26. The predicted molar refractivity (Wildman–Crippen MR) is 91.2 cm³/mol. The summed E-state index contributed by atoms with van der Waals surface area (Å²) >= 11 is 0. The highest BCUT2D eigenvalue weighted by Crippen LogP contribution is 2.24. The van der Waals surface area contributed by atoms with Gasteiger partial charge in [-0.15, -0.1) is 0 Å². The van der Waals surface area contributed by atoms with Crippen molar-refractivity contribution in [3.63, 3.8) is 0 Å². The van der Waals surface area contributed by atoms with Crippen LogP contribution in [0.15, 0.2) is 42.5 Å². The van der Waals surface area contributed by atoms with Crippen molar-refractivity contribution in [1.29, 1.82) is 0 Å². The minimum absolute atomic E-state index is 0.0331. The van der Waals surface area contributed by atoms with Gasteiger partial charge in [0.25, 0.3) is 5.91 Å². The largest absolute Gasteiger partial charge is 0.497 e. The Morgan fingerprint density at radius 3 is 2.30 bits per heavy atom. The smallest absolute Gasteiger partial charge is 0.251 e. The number of hydrogen-bond donors (Lipinski definition) is 1. The summed E-state index contributed by atoms with van der Waals surface area (Å²) in [6, 6.07) is 13.1. The molecule has 2 aromatic carbocycles. The Labute approximate surface area is 137 Å². The van der Waals surface area contributed by atoms with Crippen LogP contribution in [0.1, 0.15) is 40.9 Å². The molecule has 0 saturated carbocycles. The zero-order valence-corrected chi connectivity index (χ0v) is 14.1. The molecule has 4 nitrogen and oxygen atoms in total. The van der Waals surface area contributed by atoms with Crippen molar-refractivity contribution in [3.8, 4) is 11.5 Å². The van der Waals surface area contributed by atoms with E-state index in [1.54, 1.807) is 38.5 Å². The molecule has 0 unspecified atom stereocenters. The first kappa shape index (κ1) is 16.9. The van der Waals surface area contributed by atoms with Gasteiger partial charge in [0.15, 0.2) is 0 Å². The van der Waals surface area contributed by atoms with E-state index in [1.807, 2.05) is 19.1 Å². The average Bonchev–Trinajstić information content (AvgIpc) is 2.59. The Morgan fingerprint density at radius 1 is 1.09 bits per heavy atom. The van der Waals surface area contributed by atoms with Gasteiger partial charge in [0.2, 0.25) is 0 Å². The number of rotatable bonds is 6. The van der Waals surface area contributed by atoms with E-state index in [4.69, 9.17) is 9.47 Å². The molecule has 1 atom stereocenters. The molecule has 122 valence electrons. The Balaban J connectivity index is 2.14. The van der Waals surface area contributed by atoms with Gasteiger partial charge in [0, 0.05) is 5.56 Å². The second-order valence-corrected chi connectivity index (χ2v) is 5.39. The standard InChI is InChI=1S/C19H23NO3/c1-5-17(15-8-11-18(23-4)13(2)12-15)20-19(21)14-6-9-16(22-3)10-7-14/h6-12,17H,5H2,1-4H3,(H,20,21)/t17-/m1/s1. The third kappa shape index (κ3) is 4.03. The minimum atomic E-state index is -0.0898. The van der Waals surface area contributed by atoms with Crippen LogP contribution in [0.2, 0.25) is 0 Å². The molecular weight excluding hydrogens is 290 g/mol. The Morgan fingerprint density at radius 2 is 1.78 bits per heavy atom. The molecule has 0 aliphatic carbocycles. The van der Waals surface area contributed by atoms with E-state index in [-0.39, 0.29) is 11.9 Å². The lowest BCUT2D eigenvalue weighted by Gasteiger charge is -2.19. The molecule has 0 radical (unpaired) electrons. The summed E-state index contributed by atoms with van der Waals surface area (Å²) in [4.78, 5) is 12.4. The number of methoxy groups -OCH3 is 2. The van der Waals surface area contributed by atoms with Crippen LogP contribution in [-0.2, 0) is 0 Å². The molecule has 1 amide bonds. The number of carbonyl (C=O) groups excluding carboxylic acids is 1. The summed E-state index contributed by atoms with van der Waals surface area (Å²) in [6.45, 7) is 4.05. The SMILES string of the molecule is CC[C@@H](NC(=O)c1ccc(OC)cc1)c1ccc(OC)c(C)c1. The summed E-state index contributed by atoms with van der Waals surface area (Å²) in [5.74, 6) is 1.50. The number of nitrogens with one attached hydrogen (secondary N) is 1. The van der Waals surface area contributed by atoms with Crippen molar-refractivity contribution >= 4 is 5.91 Å². The number of aryl methyl sites for hydroxylation is 1. The van der Waals surface area contributed by atoms with Gasteiger partial charge in [0.05, 0.1) is 20.3 Å². The highest BCUT2D eigenvalue weighted by Gasteiger charge is 2.15. The van der Waals surface area contributed by atoms with E-state index < -0.39 is 0 Å². The maximum Gasteiger partial charge on any atom is 0.251 e. The molecule has 0 spiro atoms. The Kier molecular flexibility index (Phi) is 5.63. The van der Waals surface area contributed by atoms with Gasteiger partial charge in [-0.2, -0.15) is 0 Å². The first-order valence-electron chi connectivity index (χ1n) is 7.68. The van der Waals surface area contributed by atoms with E-state index in [0.29, 0.717) is 5.56 Å². The molecule has 0 fully saturated rings. The van der Waals surface area contributed by atoms with E-state index in [1.165, 1.54) is 0 Å². The Bertz CT molecular complexity index is 665. The van der Waals surface area contributed by atoms with E-state index >= 15 is 0 Å². The van der Waals surface area contributed by atoms with Crippen molar-refractivity contribution in [1.82, 2.24) is 5.32 Å². The fourth-order valence-electron chi connectivity index (χ4n) is 2.52. The molecule has 2 aromatic rings. The zero-order chi connectivity index (χ0) is 16.8. The molecule has 0 aromatic heterocycles. The lowest BCUT2D eigenvalue weighted by Crippen LogP contribution is -2.28. The molecule has 4 heteroatoms. The second kappa shape index (κ2) is 7.68. The molecule has 0 aliphatic rings. The van der Waals surface area contributed by atoms with Gasteiger partial charge in [-0.05, 0) is 54.8 Å². The average molecular weight is 313 g/mol. The molecule has 0 heterocycles. The monoisotopic (exact) mass is 313 g/mol. The third-order valence-electron chi connectivity index (χ3n) is 3.89. The quantitative estimate of drug-likeness (QED) is 0.880. The lowest BCUT2D eigenvalue weighted by atomic mass is 10.0. The van der Waals surface area contributed by atoms with Crippen LogP contribution in [-0.4, -0.2) is 20.1 Å². The molecule has 0 saturated heterocycles. The topological polar surface area (TPSA) is 47.6 Å². The van der Waals surface area contributed by atoms with E-state index in [0.717, 1.165) is 29.0 Å². The van der Waals surface area contributed by atoms with Crippen LogP contribution in [0.25, 0.3) is 0 Å². The second-order valence-electron chi connectivity index (χ2n) is 5.39. The summed E-state index contributed by atoms with van der Waals surface area (Å²) in [5, 5.41) is 3.08. The van der Waals surface area contributed by atoms with Crippen molar-refractivity contribution in [3.05, 3.63) is 59.2 Å². The fourth-order valence-corrected chi connectivity index (χ4v) is 2.52. The van der Waals surface area contributed by atoms with Gasteiger partial charge < -0.3 is 14.8 Å². The van der Waals surface area contributed by atoms with Crippen LogP contribution in [0, 0.1) is 6.92 Å². The Hall–Kier alpha value is -2.49. The maximum absolute atomic E-state index is 12.4. The number of ether oxygens (including phenoxy) is 2. The molecule has 23 heavy (non-hydrogen) atoms. The van der Waals surface area contributed by atoms with Crippen molar-refractivity contribution in [2.45, 2.75) is 26.3 Å². The van der Waals surface area contributed by atoms with Crippen LogP contribution >= 0.6 is 0 Å².